The fourth-order valence-electron chi connectivity index (χ4n) is 3.30. The smallest absolute Gasteiger partial charge is 0.278 e. The van der Waals surface area contributed by atoms with Crippen molar-refractivity contribution in [2.75, 3.05) is 39.3 Å². The van der Waals surface area contributed by atoms with Gasteiger partial charge in [0.1, 0.15) is 5.70 Å². The highest BCUT2D eigenvalue weighted by molar-refractivity contribution is 6.36. The third kappa shape index (κ3) is 4.46. The van der Waals surface area contributed by atoms with Crippen LogP contribution in [0.4, 0.5) is 5.69 Å². The van der Waals surface area contributed by atoms with Gasteiger partial charge >= 0.3 is 0 Å². The van der Waals surface area contributed by atoms with Crippen LogP contribution in [0.5, 0.6) is 11.5 Å². The monoisotopic (exact) mass is 410 g/mol. The molecule has 1 N–H and O–H groups in total. The Labute approximate surface area is 176 Å². The number of nitrogens with one attached hydrogen (secondary N) is 1. The number of rotatable bonds is 10. The van der Waals surface area contributed by atoms with Crippen molar-refractivity contribution in [3.8, 4) is 11.5 Å². The number of hydrogen-bond donors (Lipinski definition) is 1. The quantitative estimate of drug-likeness (QED) is 0.478. The van der Waals surface area contributed by atoms with E-state index >= 15 is 0 Å². The van der Waals surface area contributed by atoms with E-state index in [1.54, 1.807) is 32.4 Å². The SMILES string of the molecule is CCOCCCN1C(=O)C(Nc2ccc(OC)c(OC)c2)=C(c2ccccc2)C1=O. The van der Waals surface area contributed by atoms with Crippen molar-refractivity contribution in [1.29, 1.82) is 0 Å². The Morgan fingerprint density at radius 2 is 1.67 bits per heavy atom. The molecule has 0 saturated carbocycles. The van der Waals surface area contributed by atoms with E-state index in [1.807, 2.05) is 37.3 Å². The van der Waals surface area contributed by atoms with Crippen LogP contribution in [0.2, 0.25) is 0 Å². The average molecular weight is 410 g/mol. The average Bonchev–Trinajstić information content (AvgIpc) is 3.01. The number of nitrogens with zero attached hydrogens (tertiary/aromatic N) is 1. The van der Waals surface area contributed by atoms with E-state index in [0.717, 1.165) is 0 Å². The lowest BCUT2D eigenvalue weighted by atomic mass is 10.0. The van der Waals surface area contributed by atoms with E-state index in [4.69, 9.17) is 14.2 Å². The minimum atomic E-state index is -0.356. The number of hydrogen-bond acceptors (Lipinski definition) is 6. The molecule has 30 heavy (non-hydrogen) atoms. The molecule has 1 aliphatic rings. The molecule has 0 spiro atoms. The van der Waals surface area contributed by atoms with Gasteiger partial charge in [0.15, 0.2) is 11.5 Å². The number of benzene rings is 2. The van der Waals surface area contributed by atoms with Crippen molar-refractivity contribution in [1.82, 2.24) is 4.90 Å². The van der Waals surface area contributed by atoms with Gasteiger partial charge in [0.25, 0.3) is 11.8 Å². The van der Waals surface area contributed by atoms with Gasteiger partial charge in [-0.15, -0.1) is 0 Å². The van der Waals surface area contributed by atoms with Crippen LogP contribution in [0.3, 0.4) is 0 Å². The highest BCUT2D eigenvalue weighted by Gasteiger charge is 2.38. The molecule has 0 aromatic heterocycles. The van der Waals surface area contributed by atoms with Crippen molar-refractivity contribution < 1.29 is 23.8 Å². The van der Waals surface area contributed by atoms with Gasteiger partial charge in [0, 0.05) is 31.5 Å². The Kier molecular flexibility index (Phi) is 7.08. The summed E-state index contributed by atoms with van der Waals surface area (Å²) in [5.41, 5.74) is 1.90. The molecule has 0 radical (unpaired) electrons. The third-order valence-electron chi connectivity index (χ3n) is 4.76. The topological polar surface area (TPSA) is 77.1 Å². The van der Waals surface area contributed by atoms with Crippen LogP contribution in [-0.2, 0) is 14.3 Å². The van der Waals surface area contributed by atoms with Gasteiger partial charge in [-0.05, 0) is 31.0 Å². The molecule has 0 unspecified atom stereocenters. The maximum absolute atomic E-state index is 13.1. The van der Waals surface area contributed by atoms with Crippen molar-refractivity contribution in [2.24, 2.45) is 0 Å². The van der Waals surface area contributed by atoms with Crippen LogP contribution in [-0.4, -0.2) is 50.7 Å². The van der Waals surface area contributed by atoms with Gasteiger partial charge in [-0.25, -0.2) is 0 Å². The molecule has 2 amide bonds. The normalized spacial score (nSPS) is 13.8. The molecule has 7 heteroatoms. The van der Waals surface area contributed by atoms with Crippen LogP contribution in [0.25, 0.3) is 5.57 Å². The molecular weight excluding hydrogens is 384 g/mol. The number of imide groups is 1. The number of methoxy groups -OCH3 is 2. The lowest BCUT2D eigenvalue weighted by Crippen LogP contribution is -2.34. The molecule has 0 aliphatic carbocycles. The van der Waals surface area contributed by atoms with Crippen molar-refractivity contribution in [3.63, 3.8) is 0 Å². The van der Waals surface area contributed by atoms with E-state index in [2.05, 4.69) is 5.32 Å². The summed E-state index contributed by atoms with van der Waals surface area (Å²) in [5.74, 6) is 0.428. The summed E-state index contributed by atoms with van der Waals surface area (Å²) in [6, 6.07) is 14.4. The fourth-order valence-corrected chi connectivity index (χ4v) is 3.30. The van der Waals surface area contributed by atoms with Crippen LogP contribution in [0, 0.1) is 0 Å². The molecule has 0 saturated heterocycles. The molecule has 0 atom stereocenters. The zero-order chi connectivity index (χ0) is 21.5. The molecule has 7 nitrogen and oxygen atoms in total. The highest BCUT2D eigenvalue weighted by Crippen LogP contribution is 2.34. The number of carbonyl (C=O) groups is 2. The van der Waals surface area contributed by atoms with Gasteiger partial charge < -0.3 is 19.5 Å². The summed E-state index contributed by atoms with van der Waals surface area (Å²) in [6.07, 6.45) is 0.580. The standard InChI is InChI=1S/C23H26N2O5/c1-4-30-14-8-13-25-22(26)20(16-9-6-5-7-10-16)21(23(25)27)24-17-11-12-18(28-2)19(15-17)29-3/h5-7,9-12,15,24H,4,8,13-14H2,1-3H3. The van der Waals surface area contributed by atoms with Gasteiger partial charge in [-0.2, -0.15) is 0 Å². The molecule has 1 heterocycles. The first-order chi connectivity index (χ1) is 14.6. The lowest BCUT2D eigenvalue weighted by Gasteiger charge is -2.15. The van der Waals surface area contributed by atoms with E-state index in [-0.39, 0.29) is 17.5 Å². The molecule has 2 aromatic rings. The van der Waals surface area contributed by atoms with Crippen LogP contribution in [0.15, 0.2) is 54.2 Å². The zero-order valence-electron chi connectivity index (χ0n) is 17.4. The van der Waals surface area contributed by atoms with E-state index in [9.17, 15) is 9.59 Å². The first-order valence-electron chi connectivity index (χ1n) is 9.83. The van der Waals surface area contributed by atoms with E-state index in [0.29, 0.717) is 54.5 Å². The molecule has 2 aromatic carbocycles. The fraction of sp³-hybridized carbons (Fsp3) is 0.304. The number of anilines is 1. The summed E-state index contributed by atoms with van der Waals surface area (Å²) in [4.78, 5) is 27.5. The molecule has 1 aliphatic heterocycles. The molecular formula is C23H26N2O5. The first-order valence-corrected chi connectivity index (χ1v) is 9.83. The Balaban J connectivity index is 1.93. The Bertz CT molecular complexity index is 940. The van der Waals surface area contributed by atoms with Gasteiger partial charge in [-0.1, -0.05) is 30.3 Å². The largest absolute Gasteiger partial charge is 0.493 e. The third-order valence-corrected chi connectivity index (χ3v) is 4.76. The summed E-state index contributed by atoms with van der Waals surface area (Å²) >= 11 is 0. The lowest BCUT2D eigenvalue weighted by molar-refractivity contribution is -0.137. The van der Waals surface area contributed by atoms with Gasteiger partial charge in [0.05, 0.1) is 19.8 Å². The van der Waals surface area contributed by atoms with Crippen molar-refractivity contribution in [3.05, 3.63) is 59.8 Å². The molecule has 158 valence electrons. The number of carbonyl (C=O) groups excluding carboxylic acids is 2. The molecule has 0 fully saturated rings. The summed E-state index contributed by atoms with van der Waals surface area (Å²) in [7, 11) is 3.10. The maximum atomic E-state index is 13.1. The van der Waals surface area contributed by atoms with Crippen LogP contribution < -0.4 is 14.8 Å². The second-order valence-electron chi connectivity index (χ2n) is 6.62. The number of amides is 2. The summed E-state index contributed by atoms with van der Waals surface area (Å²) in [5, 5.41) is 3.13. The van der Waals surface area contributed by atoms with E-state index < -0.39 is 0 Å². The number of ether oxygens (including phenoxy) is 3. The zero-order valence-corrected chi connectivity index (χ0v) is 17.4. The predicted octanol–water partition coefficient (Wildman–Crippen LogP) is 3.32. The Morgan fingerprint density at radius 1 is 0.933 bits per heavy atom. The Morgan fingerprint density at radius 3 is 2.33 bits per heavy atom. The minimum absolute atomic E-state index is 0.245. The Hall–Kier alpha value is -3.32. The summed E-state index contributed by atoms with van der Waals surface area (Å²) in [6.45, 7) is 3.30. The van der Waals surface area contributed by atoms with Gasteiger partial charge in [0.2, 0.25) is 0 Å². The van der Waals surface area contributed by atoms with Crippen molar-refractivity contribution in [2.45, 2.75) is 13.3 Å². The van der Waals surface area contributed by atoms with Crippen LogP contribution in [0.1, 0.15) is 18.9 Å². The maximum Gasteiger partial charge on any atom is 0.278 e. The predicted molar refractivity (Wildman–Crippen MR) is 114 cm³/mol. The molecule has 0 bridgehead atoms. The first kappa shape index (κ1) is 21.4. The second-order valence-corrected chi connectivity index (χ2v) is 6.62. The van der Waals surface area contributed by atoms with E-state index in [1.165, 1.54) is 4.90 Å². The van der Waals surface area contributed by atoms with Crippen LogP contribution >= 0.6 is 0 Å². The second kappa shape index (κ2) is 9.93. The van der Waals surface area contributed by atoms with Crippen molar-refractivity contribution >= 4 is 23.1 Å². The highest BCUT2D eigenvalue weighted by atomic mass is 16.5. The summed E-state index contributed by atoms with van der Waals surface area (Å²) < 4.78 is 15.9. The molecule has 3 rings (SSSR count). The van der Waals surface area contributed by atoms with Gasteiger partial charge in [-0.3, -0.25) is 14.5 Å². The minimum Gasteiger partial charge on any atom is -0.493 e.